The summed E-state index contributed by atoms with van der Waals surface area (Å²) < 4.78 is 30.4. The number of carbonyl (C=O) groups excluding carboxylic acids is 1. The predicted octanol–water partition coefficient (Wildman–Crippen LogP) is 2.67. The van der Waals surface area contributed by atoms with E-state index in [-0.39, 0.29) is 28.5 Å². The van der Waals surface area contributed by atoms with Crippen LogP contribution in [0.2, 0.25) is 5.02 Å². The predicted molar refractivity (Wildman–Crippen MR) is 103 cm³/mol. The first-order chi connectivity index (χ1) is 13.9. The van der Waals surface area contributed by atoms with Crippen molar-refractivity contribution in [2.75, 3.05) is 33.4 Å². The van der Waals surface area contributed by atoms with E-state index in [1.807, 2.05) is 4.90 Å². The van der Waals surface area contributed by atoms with Crippen LogP contribution in [0.5, 0.6) is 5.75 Å². The van der Waals surface area contributed by atoms with Crippen molar-refractivity contribution in [2.45, 2.75) is 18.9 Å². The number of carbonyl (C=O) groups is 1. The van der Waals surface area contributed by atoms with E-state index in [4.69, 9.17) is 25.5 Å². The quantitative estimate of drug-likeness (QED) is 0.711. The first kappa shape index (κ1) is 21.3. The fourth-order valence-corrected chi connectivity index (χ4v) is 3.56. The van der Waals surface area contributed by atoms with E-state index >= 15 is 0 Å². The third-order valence-corrected chi connectivity index (χ3v) is 5.08. The summed E-state index contributed by atoms with van der Waals surface area (Å²) in [5.74, 6) is -3.12. The molecule has 0 amide bonds. The molecule has 1 saturated heterocycles. The largest absolute Gasteiger partial charge is 0.502 e. The highest BCUT2D eigenvalue weighted by Gasteiger charge is 2.30. The van der Waals surface area contributed by atoms with E-state index < -0.39 is 28.9 Å². The van der Waals surface area contributed by atoms with E-state index in [0.29, 0.717) is 32.8 Å². The van der Waals surface area contributed by atoms with Gasteiger partial charge in [-0.05, 0) is 12.1 Å². The lowest BCUT2D eigenvalue weighted by Gasteiger charge is -2.26. The fourth-order valence-electron chi connectivity index (χ4n) is 3.27. The Morgan fingerprint density at radius 1 is 1.38 bits per heavy atom. The molecule has 0 saturated carbocycles. The summed E-state index contributed by atoms with van der Waals surface area (Å²) in [7, 11) is 1.19. The van der Waals surface area contributed by atoms with Gasteiger partial charge in [-0.15, -0.1) is 0 Å². The van der Waals surface area contributed by atoms with Crippen LogP contribution in [0.15, 0.2) is 33.5 Å². The summed E-state index contributed by atoms with van der Waals surface area (Å²) in [5.41, 5.74) is -0.738. The van der Waals surface area contributed by atoms with Gasteiger partial charge in [-0.25, -0.2) is 4.39 Å². The average molecular weight is 426 g/mol. The van der Waals surface area contributed by atoms with Crippen LogP contribution in [0.1, 0.15) is 29.4 Å². The molecule has 3 rings (SSSR count). The molecule has 1 fully saturated rings. The lowest BCUT2D eigenvalue weighted by atomic mass is 9.91. The lowest BCUT2D eigenvalue weighted by Crippen LogP contribution is -2.35. The number of hydrogen-bond acceptors (Lipinski definition) is 7. The summed E-state index contributed by atoms with van der Waals surface area (Å²) in [5, 5.41) is 10.4. The summed E-state index contributed by atoms with van der Waals surface area (Å²) in [6, 6.07) is 5.24. The van der Waals surface area contributed by atoms with E-state index in [9.17, 15) is 19.1 Å². The van der Waals surface area contributed by atoms with Crippen LogP contribution in [-0.4, -0.2) is 49.4 Å². The van der Waals surface area contributed by atoms with Gasteiger partial charge in [0.1, 0.15) is 11.6 Å². The minimum atomic E-state index is -1.13. The molecule has 1 aliphatic heterocycles. The maximum atomic E-state index is 14.6. The molecular weight excluding hydrogens is 405 g/mol. The Morgan fingerprint density at radius 2 is 2.10 bits per heavy atom. The fraction of sp³-hybridized carbons (Fsp3) is 0.400. The molecule has 2 aromatic rings. The topological polar surface area (TPSA) is 89.2 Å². The van der Waals surface area contributed by atoms with Crippen LogP contribution in [0.3, 0.4) is 0 Å². The summed E-state index contributed by atoms with van der Waals surface area (Å²) >= 11 is 6.17. The molecule has 0 bridgehead atoms. The van der Waals surface area contributed by atoms with Crippen LogP contribution in [0.25, 0.3) is 0 Å². The van der Waals surface area contributed by atoms with Crippen LogP contribution in [0, 0.1) is 5.82 Å². The second-order valence-electron chi connectivity index (χ2n) is 6.65. The number of ether oxygens (including phenoxy) is 2. The number of halogens is 2. The zero-order valence-electron chi connectivity index (χ0n) is 15.8. The highest BCUT2D eigenvalue weighted by molar-refractivity contribution is 6.31. The minimum Gasteiger partial charge on any atom is -0.502 e. The number of aromatic hydroxyl groups is 1. The van der Waals surface area contributed by atoms with Crippen molar-refractivity contribution in [3.63, 3.8) is 0 Å². The van der Waals surface area contributed by atoms with Gasteiger partial charge in [-0.3, -0.25) is 14.5 Å². The number of nitrogens with zero attached hydrogens (tertiary/aromatic N) is 1. The van der Waals surface area contributed by atoms with Crippen LogP contribution in [-0.2, 0) is 20.8 Å². The number of rotatable bonds is 6. The van der Waals surface area contributed by atoms with Crippen molar-refractivity contribution in [1.29, 1.82) is 0 Å². The van der Waals surface area contributed by atoms with E-state index in [1.54, 1.807) is 0 Å². The van der Waals surface area contributed by atoms with Gasteiger partial charge < -0.3 is 19.0 Å². The molecule has 7 nitrogen and oxygen atoms in total. The maximum absolute atomic E-state index is 14.6. The SMILES string of the molecule is COC(=O)CC(c1oc(CN2CCOCC2)cc(=O)c1O)c1c(F)cccc1Cl. The Morgan fingerprint density at radius 3 is 2.76 bits per heavy atom. The Kier molecular flexibility index (Phi) is 6.89. The third-order valence-electron chi connectivity index (χ3n) is 4.75. The molecule has 1 aromatic heterocycles. The van der Waals surface area contributed by atoms with Crippen LogP contribution >= 0.6 is 11.6 Å². The van der Waals surface area contributed by atoms with Gasteiger partial charge in [0, 0.05) is 29.7 Å². The monoisotopic (exact) mass is 425 g/mol. The Bertz CT molecular complexity index is 921. The molecule has 1 aromatic carbocycles. The molecule has 1 N–H and O–H groups in total. The molecule has 0 aliphatic carbocycles. The Labute approximate surface area is 171 Å². The molecule has 29 heavy (non-hydrogen) atoms. The van der Waals surface area contributed by atoms with Crippen molar-refractivity contribution in [1.82, 2.24) is 4.90 Å². The van der Waals surface area contributed by atoms with Gasteiger partial charge in [-0.2, -0.15) is 0 Å². The summed E-state index contributed by atoms with van der Waals surface area (Å²) in [6.45, 7) is 2.74. The molecule has 9 heteroatoms. The van der Waals surface area contributed by atoms with Gasteiger partial charge in [0.05, 0.1) is 39.2 Å². The number of methoxy groups -OCH3 is 1. The zero-order valence-corrected chi connectivity index (χ0v) is 16.6. The van der Waals surface area contributed by atoms with Gasteiger partial charge in [0.2, 0.25) is 11.2 Å². The highest BCUT2D eigenvalue weighted by Crippen LogP contribution is 2.38. The number of morpholine rings is 1. The third kappa shape index (κ3) is 4.95. The van der Waals surface area contributed by atoms with Crippen LogP contribution < -0.4 is 5.43 Å². The van der Waals surface area contributed by atoms with Crippen molar-refractivity contribution in [2.24, 2.45) is 0 Å². The van der Waals surface area contributed by atoms with E-state index in [1.165, 1.54) is 31.4 Å². The van der Waals surface area contributed by atoms with Gasteiger partial charge in [-0.1, -0.05) is 17.7 Å². The Hall–Kier alpha value is -2.42. The van der Waals surface area contributed by atoms with Crippen LogP contribution in [0.4, 0.5) is 4.39 Å². The molecule has 1 aliphatic rings. The van der Waals surface area contributed by atoms with Gasteiger partial charge in [0.15, 0.2) is 5.76 Å². The van der Waals surface area contributed by atoms with Gasteiger partial charge in [0.25, 0.3) is 0 Å². The van der Waals surface area contributed by atoms with E-state index in [2.05, 4.69) is 0 Å². The number of hydrogen-bond donors (Lipinski definition) is 1. The number of benzene rings is 1. The van der Waals surface area contributed by atoms with Crippen molar-refractivity contribution in [3.05, 3.63) is 62.4 Å². The average Bonchev–Trinajstić information content (AvgIpc) is 2.70. The van der Waals surface area contributed by atoms with Crippen molar-refractivity contribution >= 4 is 17.6 Å². The Balaban J connectivity index is 2.06. The summed E-state index contributed by atoms with van der Waals surface area (Å²) in [6.07, 6.45) is -0.366. The lowest BCUT2D eigenvalue weighted by molar-refractivity contribution is -0.140. The first-order valence-corrected chi connectivity index (χ1v) is 9.45. The number of esters is 1. The molecular formula is C20H21ClFNO6. The maximum Gasteiger partial charge on any atom is 0.306 e. The smallest absolute Gasteiger partial charge is 0.306 e. The second-order valence-corrected chi connectivity index (χ2v) is 7.05. The molecule has 0 spiro atoms. The molecule has 1 atom stereocenters. The standard InChI is InChI=1S/C20H21ClFNO6/c1-27-17(25)10-13(18-14(21)3-2-4-15(18)22)20-19(26)16(24)9-12(29-20)11-23-5-7-28-8-6-23/h2-4,9,13,26H,5-8,10-11H2,1H3. The molecule has 1 unspecified atom stereocenters. The van der Waals surface area contributed by atoms with Crippen molar-refractivity contribution in [3.8, 4) is 5.75 Å². The van der Waals surface area contributed by atoms with Gasteiger partial charge >= 0.3 is 5.97 Å². The second kappa shape index (κ2) is 9.39. The molecule has 156 valence electrons. The van der Waals surface area contributed by atoms with E-state index in [0.717, 1.165) is 0 Å². The highest BCUT2D eigenvalue weighted by atomic mass is 35.5. The molecule has 0 radical (unpaired) electrons. The zero-order chi connectivity index (χ0) is 21.0. The first-order valence-electron chi connectivity index (χ1n) is 9.07. The summed E-state index contributed by atoms with van der Waals surface area (Å²) in [4.78, 5) is 26.4. The van der Waals surface area contributed by atoms with Crippen molar-refractivity contribution < 1.29 is 28.2 Å². The normalized spacial score (nSPS) is 15.8. The molecule has 2 heterocycles. The minimum absolute atomic E-state index is 0.0412.